The summed E-state index contributed by atoms with van der Waals surface area (Å²) >= 11 is 0. The zero-order chi connectivity index (χ0) is 25.6. The van der Waals surface area contributed by atoms with Gasteiger partial charge in [-0.05, 0) is 32.0 Å². The molecule has 1 atom stereocenters. The molecule has 1 N–H and O–H groups in total. The number of nitrogens with zero attached hydrogens (tertiary/aromatic N) is 4. The van der Waals surface area contributed by atoms with Crippen LogP contribution in [0.25, 0.3) is 21.8 Å². The molecule has 5 rings (SSSR count). The molecule has 0 bridgehead atoms. The number of halogens is 1. The van der Waals surface area contributed by atoms with Crippen molar-refractivity contribution in [2.75, 3.05) is 36.5 Å². The second-order valence-corrected chi connectivity index (χ2v) is 8.99. The number of aryl methyl sites for hydroxylation is 1. The summed E-state index contributed by atoms with van der Waals surface area (Å²) in [5.74, 6) is -0.943. The van der Waals surface area contributed by atoms with Crippen molar-refractivity contribution in [2.24, 2.45) is 0 Å². The summed E-state index contributed by atoms with van der Waals surface area (Å²) in [6.45, 7) is 6.21. The van der Waals surface area contributed by atoms with E-state index in [4.69, 9.17) is 4.74 Å². The molecule has 0 radical (unpaired) electrons. The first-order valence-electron chi connectivity index (χ1n) is 11.9. The first kappa shape index (κ1) is 23.6. The van der Waals surface area contributed by atoms with Gasteiger partial charge >= 0.3 is 5.97 Å². The molecule has 4 aromatic rings. The molecule has 0 aliphatic carbocycles. The first-order chi connectivity index (χ1) is 17.3. The summed E-state index contributed by atoms with van der Waals surface area (Å²) in [6, 6.07) is 10.9. The topological polar surface area (TPSA) is 87.9 Å². The molecule has 0 spiro atoms. The highest BCUT2D eigenvalue weighted by molar-refractivity contribution is 6.07. The third-order valence-corrected chi connectivity index (χ3v) is 6.91. The summed E-state index contributed by atoms with van der Waals surface area (Å²) in [5, 5.41) is 10.3. The van der Waals surface area contributed by atoms with Gasteiger partial charge in [-0.2, -0.15) is 0 Å². The van der Waals surface area contributed by atoms with Gasteiger partial charge in [-0.1, -0.05) is 6.07 Å². The quantitative estimate of drug-likeness (QED) is 0.421. The largest absolute Gasteiger partial charge is 0.497 e. The number of anilines is 2. The van der Waals surface area contributed by atoms with Crippen molar-refractivity contribution < 1.29 is 19.0 Å². The zero-order valence-electron chi connectivity index (χ0n) is 20.4. The van der Waals surface area contributed by atoms with Gasteiger partial charge in [-0.3, -0.25) is 9.78 Å². The number of ether oxygens (including phenoxy) is 1. The maximum Gasteiger partial charge on any atom is 0.341 e. The first-order valence-corrected chi connectivity index (χ1v) is 11.9. The number of carbonyl (C=O) groups is 1. The highest BCUT2D eigenvalue weighted by Gasteiger charge is 2.27. The molecule has 1 fully saturated rings. The van der Waals surface area contributed by atoms with Crippen molar-refractivity contribution in [1.29, 1.82) is 0 Å². The zero-order valence-corrected chi connectivity index (χ0v) is 20.4. The van der Waals surface area contributed by atoms with Crippen LogP contribution in [0.5, 0.6) is 5.75 Å². The number of carboxylic acids is 1. The second kappa shape index (κ2) is 9.14. The molecule has 2 aromatic heterocycles. The molecule has 1 aliphatic rings. The molecule has 0 amide bonds. The van der Waals surface area contributed by atoms with E-state index in [0.717, 1.165) is 11.4 Å². The van der Waals surface area contributed by atoms with Crippen molar-refractivity contribution in [2.45, 2.75) is 26.4 Å². The number of carboxylic acid groups (broad SMARTS) is 1. The fourth-order valence-corrected chi connectivity index (χ4v) is 5.07. The molecular formula is C27H27FN4O4. The van der Waals surface area contributed by atoms with Gasteiger partial charge in [-0.15, -0.1) is 0 Å². The van der Waals surface area contributed by atoms with Crippen LogP contribution in [0.15, 0.2) is 53.6 Å². The Morgan fingerprint density at radius 3 is 2.75 bits per heavy atom. The molecule has 0 saturated carbocycles. The van der Waals surface area contributed by atoms with E-state index < -0.39 is 17.2 Å². The molecule has 36 heavy (non-hydrogen) atoms. The summed E-state index contributed by atoms with van der Waals surface area (Å²) in [4.78, 5) is 33.5. The van der Waals surface area contributed by atoms with Gasteiger partial charge in [-0.25, -0.2) is 9.18 Å². The van der Waals surface area contributed by atoms with E-state index >= 15 is 4.39 Å². The fourth-order valence-electron chi connectivity index (χ4n) is 5.07. The van der Waals surface area contributed by atoms with E-state index in [-0.39, 0.29) is 17.0 Å². The van der Waals surface area contributed by atoms with Crippen LogP contribution in [0, 0.1) is 5.82 Å². The lowest BCUT2D eigenvalue weighted by Crippen LogP contribution is -2.52. The highest BCUT2D eigenvalue weighted by Crippen LogP contribution is 2.32. The highest BCUT2D eigenvalue weighted by atomic mass is 19.1. The van der Waals surface area contributed by atoms with E-state index in [1.54, 1.807) is 17.7 Å². The van der Waals surface area contributed by atoms with Crippen LogP contribution in [0.1, 0.15) is 24.2 Å². The van der Waals surface area contributed by atoms with Crippen LogP contribution < -0.4 is 20.0 Å². The number of fused-ring (bicyclic) bond motifs is 3. The van der Waals surface area contributed by atoms with Crippen molar-refractivity contribution >= 4 is 39.1 Å². The Balaban J connectivity index is 1.58. The summed E-state index contributed by atoms with van der Waals surface area (Å²) in [5.41, 5.74) is 1.34. The van der Waals surface area contributed by atoms with Gasteiger partial charge in [0.15, 0.2) is 0 Å². The lowest BCUT2D eigenvalue weighted by atomic mass is 10.0. The van der Waals surface area contributed by atoms with Gasteiger partial charge < -0.3 is 24.2 Å². The Bertz CT molecular complexity index is 1550. The Morgan fingerprint density at radius 1 is 1.25 bits per heavy atom. The molecule has 3 heterocycles. The lowest BCUT2D eigenvalue weighted by molar-refractivity contribution is 0.0695. The van der Waals surface area contributed by atoms with Crippen molar-refractivity contribution in [1.82, 2.24) is 9.55 Å². The minimum Gasteiger partial charge on any atom is -0.497 e. The third kappa shape index (κ3) is 3.90. The predicted octanol–water partition coefficient (Wildman–Crippen LogP) is 4.13. The van der Waals surface area contributed by atoms with E-state index in [2.05, 4.69) is 16.8 Å². The summed E-state index contributed by atoms with van der Waals surface area (Å²) in [6.07, 6.45) is 2.84. The minimum absolute atomic E-state index is 0.0857. The minimum atomic E-state index is -1.29. The van der Waals surface area contributed by atoms with E-state index in [0.29, 0.717) is 48.3 Å². The number of rotatable bonds is 5. The molecule has 1 unspecified atom stereocenters. The molecule has 8 nitrogen and oxygen atoms in total. The number of methoxy groups -OCH3 is 1. The molecular weight excluding hydrogens is 463 g/mol. The molecule has 2 aromatic carbocycles. The Hall–Kier alpha value is -4.14. The van der Waals surface area contributed by atoms with Crippen LogP contribution >= 0.6 is 0 Å². The Kier molecular flexibility index (Phi) is 5.99. The van der Waals surface area contributed by atoms with Crippen LogP contribution in [-0.2, 0) is 6.54 Å². The number of aromatic carboxylic acids is 1. The lowest BCUT2D eigenvalue weighted by Gasteiger charge is -2.42. The van der Waals surface area contributed by atoms with E-state index in [1.807, 2.05) is 36.1 Å². The summed E-state index contributed by atoms with van der Waals surface area (Å²) in [7, 11) is 1.64. The van der Waals surface area contributed by atoms with Gasteiger partial charge in [0.2, 0.25) is 5.43 Å². The average molecular weight is 491 g/mol. The fraction of sp³-hybridized carbons (Fsp3) is 0.296. The summed E-state index contributed by atoms with van der Waals surface area (Å²) < 4.78 is 22.4. The Labute approximate surface area is 207 Å². The van der Waals surface area contributed by atoms with Gasteiger partial charge in [0, 0.05) is 61.6 Å². The van der Waals surface area contributed by atoms with Crippen LogP contribution in [0.4, 0.5) is 15.8 Å². The van der Waals surface area contributed by atoms with Crippen LogP contribution in [0.2, 0.25) is 0 Å². The molecule has 1 aliphatic heterocycles. The molecule has 186 valence electrons. The van der Waals surface area contributed by atoms with E-state index in [9.17, 15) is 14.7 Å². The van der Waals surface area contributed by atoms with E-state index in [1.165, 1.54) is 18.5 Å². The van der Waals surface area contributed by atoms with Crippen LogP contribution in [-0.4, -0.2) is 53.4 Å². The number of pyridine rings is 2. The standard InChI is InChI=1S/C27H27FN4O4/c1-4-30-15-20(27(34)35)26(33)25-19-11-23(21(28)12-22(19)29-13-24(25)30)31-8-9-32(16(2)14-31)17-6-5-7-18(10-17)36-3/h5-7,10-13,15-16H,4,8-9,14H2,1-3H3,(H,34,35). The maximum absolute atomic E-state index is 15.3. The number of piperazine rings is 1. The predicted molar refractivity (Wildman–Crippen MR) is 138 cm³/mol. The van der Waals surface area contributed by atoms with Crippen molar-refractivity contribution in [3.63, 3.8) is 0 Å². The number of hydrogen-bond donors (Lipinski definition) is 1. The smallest absolute Gasteiger partial charge is 0.341 e. The van der Waals surface area contributed by atoms with Crippen molar-refractivity contribution in [3.8, 4) is 5.75 Å². The maximum atomic E-state index is 15.3. The normalized spacial score (nSPS) is 16.1. The second-order valence-electron chi connectivity index (χ2n) is 8.99. The van der Waals surface area contributed by atoms with Gasteiger partial charge in [0.1, 0.15) is 17.1 Å². The number of hydrogen-bond acceptors (Lipinski definition) is 6. The van der Waals surface area contributed by atoms with Crippen molar-refractivity contribution in [3.05, 3.63) is 70.4 Å². The number of aromatic nitrogens is 2. The third-order valence-electron chi connectivity index (χ3n) is 6.91. The average Bonchev–Trinajstić information content (AvgIpc) is 2.88. The Morgan fingerprint density at radius 2 is 2.06 bits per heavy atom. The monoisotopic (exact) mass is 490 g/mol. The van der Waals surface area contributed by atoms with Gasteiger partial charge in [0.05, 0.1) is 35.4 Å². The SMILES string of the molecule is CCn1cc(C(=O)O)c(=O)c2c3cc(N4CCN(c5cccc(OC)c5)C(C)C4)c(F)cc3ncc21. The van der Waals surface area contributed by atoms with Crippen LogP contribution in [0.3, 0.4) is 0 Å². The molecule has 9 heteroatoms. The van der Waals surface area contributed by atoms with Gasteiger partial charge in [0.25, 0.3) is 0 Å². The number of benzene rings is 2. The molecule has 1 saturated heterocycles.